The predicted octanol–water partition coefficient (Wildman–Crippen LogP) is 27.8. The minimum absolute atomic E-state index is 0. The van der Waals surface area contributed by atoms with Gasteiger partial charge in [-0.3, -0.25) is 19.6 Å². The zero-order chi connectivity index (χ0) is 79.2. The molecule has 22 aromatic rings. The molecule has 0 saturated heterocycles. The molecule has 0 aliphatic carbocycles. The van der Waals surface area contributed by atoms with Crippen LogP contribution in [-0.4, -0.2) is 57.4 Å². The SMILES string of the molecule is CC(=[OH+])C=C(C)O.CC(=[OH+])CC(C)O.[Ir].[Ir].[c-]1cc2c3ccccc3c3ccccc3c2cc1-c1ccccn1.[c-]1cc2c3ccccc3c3ccccc3c2cc1-c1ccccn1.[c-]1cc2c3ccccc3c3ccccc3c2cc1-c1nc2ccccc2s1.[c-]1cc2c3ccccc3c3ccccc3c2cc1-c1nc2ccccc2s1. The van der Waals surface area contributed by atoms with E-state index in [1.807, 2.05) is 60.9 Å². The Morgan fingerprint density at radius 1 is 0.331 bits per heavy atom. The number of aliphatic hydroxyl groups is 2. The topological polar surface area (TPSA) is 135 Å². The van der Waals surface area contributed by atoms with Crippen molar-refractivity contribution in [3.8, 4) is 43.7 Å². The van der Waals surface area contributed by atoms with E-state index in [-0.39, 0.29) is 57.5 Å². The molecule has 0 saturated carbocycles. The maximum Gasteiger partial charge on any atom is 0.316 e. The van der Waals surface area contributed by atoms with Crippen molar-refractivity contribution in [3.05, 3.63) is 376 Å². The van der Waals surface area contributed by atoms with Crippen molar-refractivity contribution in [2.24, 2.45) is 0 Å². The monoisotopic (exact) mass is 1920 g/mol. The van der Waals surface area contributed by atoms with Crippen LogP contribution in [0.4, 0.5) is 0 Å². The summed E-state index contributed by atoms with van der Waals surface area (Å²) in [5.74, 6) is 0.537. The fraction of sp³-hybridized carbons (Fsp3) is 0.0566. The Hall–Kier alpha value is -12.7. The van der Waals surface area contributed by atoms with Crippen molar-refractivity contribution in [2.75, 3.05) is 0 Å². The Kier molecular flexibility index (Phi) is 24.7. The molecule has 4 N–H and O–H groups in total. The van der Waals surface area contributed by atoms with Crippen molar-refractivity contribution in [3.63, 3.8) is 0 Å². The van der Waals surface area contributed by atoms with E-state index >= 15 is 0 Å². The number of hydrogen-bond donors (Lipinski definition) is 2. The van der Waals surface area contributed by atoms with Crippen LogP contribution in [0.2, 0.25) is 0 Å². The van der Waals surface area contributed by atoms with Crippen LogP contribution >= 0.6 is 22.7 Å². The summed E-state index contributed by atoms with van der Waals surface area (Å²) in [6, 6.07) is 129. The average Bonchev–Trinajstić information content (AvgIpc) is 0.859. The number of allylic oxidation sites excluding steroid dienone is 2. The Morgan fingerprint density at radius 3 is 0.788 bits per heavy atom. The normalized spacial score (nSPS) is 11.4. The van der Waals surface area contributed by atoms with Crippen molar-refractivity contribution in [1.29, 1.82) is 0 Å². The molecule has 4 aromatic heterocycles. The van der Waals surface area contributed by atoms with E-state index in [1.54, 1.807) is 36.5 Å². The second kappa shape index (κ2) is 36.2. The van der Waals surface area contributed by atoms with E-state index < -0.39 is 6.10 Å². The zero-order valence-corrected chi connectivity index (χ0v) is 71.2. The Morgan fingerprint density at radius 2 is 0.568 bits per heavy atom. The third-order valence-electron chi connectivity index (χ3n) is 20.6. The molecule has 0 aliphatic heterocycles. The van der Waals surface area contributed by atoms with Gasteiger partial charge in [0, 0.05) is 78.9 Å². The molecule has 1 atom stereocenters. The molecule has 8 nitrogen and oxygen atoms in total. The van der Waals surface area contributed by atoms with Gasteiger partial charge in [-0.15, -0.1) is 95.1 Å². The predicted molar refractivity (Wildman–Crippen MR) is 493 cm³/mol. The minimum atomic E-state index is -0.412. The van der Waals surface area contributed by atoms with Gasteiger partial charge in [0.25, 0.3) is 5.78 Å². The largest absolute Gasteiger partial charge is 0.512 e. The van der Waals surface area contributed by atoms with Crippen LogP contribution in [0.25, 0.3) is 193 Å². The first kappa shape index (κ1) is 80.5. The van der Waals surface area contributed by atoms with Gasteiger partial charge in [-0.05, 0) is 126 Å². The van der Waals surface area contributed by atoms with E-state index in [1.165, 1.54) is 159 Å². The first-order valence-electron chi connectivity index (χ1n) is 38.5. The Bertz CT molecular complexity index is 6900. The molecule has 0 spiro atoms. The van der Waals surface area contributed by atoms with Crippen LogP contribution in [0.15, 0.2) is 352 Å². The summed E-state index contributed by atoms with van der Waals surface area (Å²) in [4.78, 5) is 35.5. The third-order valence-corrected chi connectivity index (χ3v) is 22.8. The number of aromatic nitrogens is 4. The van der Waals surface area contributed by atoms with Crippen LogP contribution in [-0.2, 0) is 40.2 Å². The van der Waals surface area contributed by atoms with E-state index in [2.05, 4.69) is 313 Å². The van der Waals surface area contributed by atoms with Gasteiger partial charge in [0.2, 0.25) is 0 Å². The molecular formula is C106H76Ir2N4O4S2-2. The molecule has 0 bridgehead atoms. The number of nitrogens with zero attached hydrogens (tertiary/aromatic N) is 4. The van der Waals surface area contributed by atoms with E-state index in [9.17, 15) is 0 Å². The quantitative estimate of drug-likeness (QED) is 0.0536. The van der Waals surface area contributed by atoms with Crippen LogP contribution in [0.5, 0.6) is 0 Å². The van der Waals surface area contributed by atoms with E-state index in [4.69, 9.17) is 29.8 Å². The molecule has 18 aromatic carbocycles. The first-order chi connectivity index (χ1) is 56.8. The van der Waals surface area contributed by atoms with Gasteiger partial charge >= 0.3 is 5.78 Å². The second-order valence-electron chi connectivity index (χ2n) is 28.7. The summed E-state index contributed by atoms with van der Waals surface area (Å²) in [7, 11) is 0. The smallest absolute Gasteiger partial charge is 0.316 e. The number of fused-ring (bicyclic) bond motifs is 26. The molecule has 0 amide bonds. The summed E-state index contributed by atoms with van der Waals surface area (Å²) in [5.41, 5.74) is 8.19. The van der Waals surface area contributed by atoms with Crippen LogP contribution in [0, 0.1) is 24.3 Å². The van der Waals surface area contributed by atoms with Gasteiger partial charge in [-0.1, -0.05) is 307 Å². The van der Waals surface area contributed by atoms with E-state index in [0.717, 1.165) is 54.7 Å². The molecule has 12 heteroatoms. The van der Waals surface area contributed by atoms with Gasteiger partial charge < -0.3 is 20.2 Å². The van der Waals surface area contributed by atoms with Crippen molar-refractivity contribution < 1.29 is 60.0 Å². The van der Waals surface area contributed by atoms with Crippen LogP contribution in [0.3, 0.4) is 0 Å². The van der Waals surface area contributed by atoms with Gasteiger partial charge in [-0.2, -0.15) is 22.7 Å². The van der Waals surface area contributed by atoms with Crippen molar-refractivity contribution in [2.45, 2.75) is 40.2 Å². The van der Waals surface area contributed by atoms with Crippen LogP contribution < -0.4 is 0 Å². The van der Waals surface area contributed by atoms with Gasteiger partial charge in [0.05, 0.1) is 42.3 Å². The summed E-state index contributed by atoms with van der Waals surface area (Å²) in [5, 5.41) is 49.5. The fourth-order valence-corrected chi connectivity index (χ4v) is 17.6. The number of thiazole rings is 2. The second-order valence-corrected chi connectivity index (χ2v) is 30.7. The zero-order valence-electron chi connectivity index (χ0n) is 64.8. The number of hydrogen-bond acceptors (Lipinski definition) is 8. The molecule has 1 unspecified atom stereocenters. The molecule has 0 aliphatic rings. The maximum atomic E-state index is 8.54. The summed E-state index contributed by atoms with van der Waals surface area (Å²) >= 11 is 3.45. The summed E-state index contributed by atoms with van der Waals surface area (Å²) in [6.45, 7) is 6.21. The average molecular weight is 1920 g/mol. The molecule has 0 fully saturated rings. The number of ketones is 2. The van der Waals surface area contributed by atoms with Crippen molar-refractivity contribution >= 4 is 184 Å². The fourth-order valence-electron chi connectivity index (χ4n) is 15.7. The molecule has 22 rings (SSSR count). The number of benzene rings is 18. The maximum absolute atomic E-state index is 8.54. The molecular weight excluding hydrogens is 1840 g/mol. The van der Waals surface area contributed by atoms with Crippen molar-refractivity contribution in [1.82, 2.24) is 19.9 Å². The Labute approximate surface area is 717 Å². The third kappa shape index (κ3) is 16.8. The standard InChI is InChI=1S/2C25H14NS.2C23H14N.C5H10O2.C5H8O2.2Ir/c2*1-2-9-19-17(7-1)18-8-3-4-10-20(18)22-15-16(13-14-21(19)22)25-26-23-11-5-6-12-24(23)27-25;2*1-2-9-19-17(7-1)18-8-3-4-10-20(18)22-15-16(12-13-21(19)22)23-11-5-6-14-24-23;2*1-4(6)3-5(2)7;;/h2*1-12,14-15H;2*1-11,13-15H;4,6H,3H2,1-2H3;3,6H,1-2H3;;/q4*-1;;;;/p+2. The van der Waals surface area contributed by atoms with Crippen LogP contribution in [0.1, 0.15) is 34.1 Å². The Balaban J connectivity index is 0.000000116. The van der Waals surface area contributed by atoms with Gasteiger partial charge in [-0.25, -0.2) is 0 Å². The van der Waals surface area contributed by atoms with E-state index in [0.29, 0.717) is 6.42 Å². The minimum Gasteiger partial charge on any atom is -0.512 e. The molecule has 576 valence electrons. The number of para-hydroxylation sites is 2. The van der Waals surface area contributed by atoms with Gasteiger partial charge in [0.1, 0.15) is 0 Å². The molecule has 2 radical (unpaired) electrons. The summed E-state index contributed by atoms with van der Waals surface area (Å²) in [6.07, 6.45) is 4.91. The number of rotatable bonds is 7. The first-order valence-corrected chi connectivity index (χ1v) is 40.1. The molecule has 4 heterocycles. The van der Waals surface area contributed by atoms with Gasteiger partial charge in [0.15, 0.2) is 0 Å². The molecule has 118 heavy (non-hydrogen) atoms. The summed E-state index contributed by atoms with van der Waals surface area (Å²) < 4.78 is 2.42. The number of pyridine rings is 2. The number of carbonyl (C=O) groups excluding carboxylic acids is 2. The number of aliphatic hydroxyl groups excluding tert-OH is 2.